The first-order valence-corrected chi connectivity index (χ1v) is 8.97. The molecule has 0 heterocycles. The van der Waals surface area contributed by atoms with E-state index in [1.165, 1.54) is 0 Å². The summed E-state index contributed by atoms with van der Waals surface area (Å²) in [5.74, 6) is 0. The molecule has 82 valence electrons. The van der Waals surface area contributed by atoms with Crippen LogP contribution in [0.4, 0.5) is 0 Å². The van der Waals surface area contributed by atoms with Crippen molar-refractivity contribution < 1.29 is 0 Å². The summed E-state index contributed by atoms with van der Waals surface area (Å²) in [6, 6.07) is 0. The van der Waals surface area contributed by atoms with Gasteiger partial charge in [0.15, 0.2) is 0 Å². The van der Waals surface area contributed by atoms with Gasteiger partial charge in [0.05, 0.1) is 0 Å². The second-order valence-corrected chi connectivity index (χ2v) is 7.26. The molecule has 0 aliphatic rings. The van der Waals surface area contributed by atoms with E-state index in [1.54, 1.807) is 0 Å². The Morgan fingerprint density at radius 2 is 1.67 bits per heavy atom. The molecule has 0 radical (unpaired) electrons. The molecule has 0 aliphatic carbocycles. The van der Waals surface area contributed by atoms with Gasteiger partial charge in [0.25, 0.3) is 0 Å². The third-order valence-corrected chi connectivity index (χ3v) is 5.69. The monoisotopic (exact) mass is 267 g/mol. The van der Waals surface area contributed by atoms with Crippen molar-refractivity contribution in [2.75, 3.05) is 19.6 Å². The molecule has 0 aliphatic heterocycles. The first-order chi connectivity index (χ1) is 7.28. The SMILES string of the molecule is CCN(CC)CC[CH2][Ga]([N]=[N+]=[N-])[N]=[N+]=[N-]. The van der Waals surface area contributed by atoms with E-state index in [1.807, 2.05) is 0 Å². The van der Waals surface area contributed by atoms with Gasteiger partial charge in [-0.3, -0.25) is 0 Å². The van der Waals surface area contributed by atoms with Gasteiger partial charge in [0, 0.05) is 0 Å². The van der Waals surface area contributed by atoms with Crippen molar-refractivity contribution in [3.8, 4) is 0 Å². The molecule has 0 aromatic carbocycles. The first-order valence-electron chi connectivity index (χ1n) is 5.09. The van der Waals surface area contributed by atoms with E-state index in [9.17, 15) is 0 Å². The van der Waals surface area contributed by atoms with Gasteiger partial charge in [-0.1, -0.05) is 0 Å². The molecule has 0 amide bonds. The van der Waals surface area contributed by atoms with Crippen LogP contribution in [-0.4, -0.2) is 41.2 Å². The fraction of sp³-hybridized carbons (Fsp3) is 1.00. The Labute approximate surface area is 95.3 Å². The number of azide groups is 1. The Hall–Kier alpha value is -0.784. The quantitative estimate of drug-likeness (QED) is 0.287. The molecule has 0 bridgehead atoms. The summed E-state index contributed by atoms with van der Waals surface area (Å²) in [6.45, 7) is 7.26. The van der Waals surface area contributed by atoms with Crippen molar-refractivity contribution in [2.24, 2.45) is 7.64 Å². The molecule has 8 heteroatoms. The van der Waals surface area contributed by atoms with Crippen molar-refractivity contribution in [3.05, 3.63) is 20.9 Å². The molecular formula is C7H16GaN7. The molecule has 0 aromatic heterocycles. The van der Waals surface area contributed by atoms with Crippen molar-refractivity contribution in [1.82, 2.24) is 4.90 Å². The Morgan fingerprint density at radius 3 is 2.07 bits per heavy atom. The predicted molar refractivity (Wildman–Crippen MR) is 61.3 cm³/mol. The normalized spacial score (nSPS) is 9.27. The van der Waals surface area contributed by atoms with Gasteiger partial charge in [0.2, 0.25) is 0 Å². The molecule has 0 N–H and O–H groups in total. The minimum atomic E-state index is -2.39. The molecule has 0 saturated heterocycles. The molecule has 0 rings (SSSR count). The summed E-state index contributed by atoms with van der Waals surface area (Å²) in [4.78, 5) is 8.53. The number of hydrogen-bond acceptors (Lipinski definition) is 3. The third kappa shape index (κ3) is 7.18. The van der Waals surface area contributed by atoms with Crippen molar-refractivity contribution >= 4 is 16.7 Å². The topological polar surface area (TPSA) is 101 Å². The Bertz CT molecular complexity index is 234. The first kappa shape index (κ1) is 14.2. The third-order valence-electron chi connectivity index (χ3n) is 2.20. The summed E-state index contributed by atoms with van der Waals surface area (Å²) in [5, 5.41) is 0. The van der Waals surface area contributed by atoms with E-state index in [2.05, 4.69) is 36.2 Å². The van der Waals surface area contributed by atoms with Gasteiger partial charge in [-0.25, -0.2) is 0 Å². The number of nitrogens with zero attached hydrogens (tertiary/aromatic N) is 7. The molecule has 0 spiro atoms. The van der Waals surface area contributed by atoms with Crippen molar-refractivity contribution in [2.45, 2.75) is 25.2 Å². The molecular weight excluding hydrogens is 252 g/mol. The van der Waals surface area contributed by atoms with E-state index in [-0.39, 0.29) is 0 Å². The van der Waals surface area contributed by atoms with Gasteiger partial charge < -0.3 is 0 Å². The fourth-order valence-electron chi connectivity index (χ4n) is 1.30. The molecule has 0 unspecified atom stereocenters. The Balaban J connectivity index is 3.89. The molecule has 0 aromatic rings. The van der Waals surface area contributed by atoms with Gasteiger partial charge in [0.1, 0.15) is 0 Å². The van der Waals surface area contributed by atoms with Crippen LogP contribution in [0.25, 0.3) is 20.9 Å². The van der Waals surface area contributed by atoms with E-state index in [0.717, 1.165) is 31.0 Å². The zero-order valence-electron chi connectivity index (χ0n) is 9.24. The molecule has 0 atom stereocenters. The zero-order valence-corrected chi connectivity index (χ0v) is 11.7. The molecule has 15 heavy (non-hydrogen) atoms. The zero-order chi connectivity index (χ0) is 11.5. The molecule has 0 saturated carbocycles. The van der Waals surface area contributed by atoms with E-state index >= 15 is 0 Å². The van der Waals surface area contributed by atoms with Gasteiger partial charge in [-0.05, 0) is 0 Å². The van der Waals surface area contributed by atoms with Gasteiger partial charge in [-0.15, -0.1) is 0 Å². The Kier molecular flexibility index (Phi) is 9.25. The maximum absolute atomic E-state index is 8.28. The van der Waals surface area contributed by atoms with Crippen LogP contribution in [0.1, 0.15) is 20.3 Å². The maximum atomic E-state index is 8.28. The summed E-state index contributed by atoms with van der Waals surface area (Å²) < 4.78 is 7.18. The second kappa shape index (κ2) is 9.76. The average Bonchev–Trinajstić information content (AvgIpc) is 2.25. The van der Waals surface area contributed by atoms with E-state index in [4.69, 9.17) is 11.1 Å². The van der Waals surface area contributed by atoms with E-state index in [0.29, 0.717) is 0 Å². The van der Waals surface area contributed by atoms with E-state index < -0.39 is 16.7 Å². The van der Waals surface area contributed by atoms with Gasteiger partial charge >= 0.3 is 95.0 Å². The average molecular weight is 268 g/mol. The minimum absolute atomic E-state index is 0.789. The molecule has 0 fully saturated rings. The standard InChI is InChI=1S/C7H16N.Ga.2N3/c1-4-7-8(5-2)6-3;;2*1-3-2/h1,4-7H2,2-3H3;;;/q;+2;2*-1. The van der Waals surface area contributed by atoms with Crippen LogP contribution in [0.5, 0.6) is 0 Å². The summed E-state index contributed by atoms with van der Waals surface area (Å²) in [5.41, 5.74) is 16.6. The summed E-state index contributed by atoms with van der Waals surface area (Å²) in [6.07, 6.45) is 0.949. The van der Waals surface area contributed by atoms with Crippen molar-refractivity contribution in [3.63, 3.8) is 0 Å². The molecule has 7 nitrogen and oxygen atoms in total. The number of hydrogen-bond donors (Lipinski definition) is 0. The Morgan fingerprint density at radius 1 is 1.13 bits per heavy atom. The fourth-order valence-corrected chi connectivity index (χ4v) is 3.53. The van der Waals surface area contributed by atoms with Crippen LogP contribution in [0.3, 0.4) is 0 Å². The van der Waals surface area contributed by atoms with Crippen molar-refractivity contribution in [1.29, 1.82) is 0 Å². The van der Waals surface area contributed by atoms with Crippen LogP contribution in [0, 0.1) is 0 Å². The van der Waals surface area contributed by atoms with Crippen LogP contribution in [-0.2, 0) is 0 Å². The van der Waals surface area contributed by atoms with Crippen LogP contribution < -0.4 is 0 Å². The summed E-state index contributed by atoms with van der Waals surface area (Å²) >= 11 is -2.39. The van der Waals surface area contributed by atoms with Gasteiger partial charge in [-0.2, -0.15) is 0 Å². The van der Waals surface area contributed by atoms with Crippen LogP contribution in [0.15, 0.2) is 7.64 Å². The van der Waals surface area contributed by atoms with Crippen LogP contribution >= 0.6 is 0 Å². The second-order valence-electron chi connectivity index (χ2n) is 3.06. The van der Waals surface area contributed by atoms with Crippen LogP contribution in [0.2, 0.25) is 4.98 Å². The summed E-state index contributed by atoms with van der Waals surface area (Å²) in [7, 11) is 0. The number of rotatable bonds is 8. The predicted octanol–water partition coefficient (Wildman–Crippen LogP) is 2.83.